The Hall–Kier alpha value is -1.96. The molecule has 0 spiro atoms. The second-order valence-corrected chi connectivity index (χ2v) is 7.51. The minimum absolute atomic E-state index is 0.636. The summed E-state index contributed by atoms with van der Waals surface area (Å²) >= 11 is 0. The predicted molar refractivity (Wildman–Crippen MR) is 104 cm³/mol. The average Bonchev–Trinajstić information content (AvgIpc) is 3.19. The van der Waals surface area contributed by atoms with Crippen LogP contribution >= 0.6 is 0 Å². The van der Waals surface area contributed by atoms with E-state index in [4.69, 9.17) is 9.26 Å². The lowest BCUT2D eigenvalue weighted by Crippen LogP contribution is -2.48. The van der Waals surface area contributed by atoms with Gasteiger partial charge in [0.2, 0.25) is 11.7 Å². The zero-order valence-corrected chi connectivity index (χ0v) is 16.1. The van der Waals surface area contributed by atoms with Gasteiger partial charge in [-0.25, -0.2) is 0 Å². The number of piperidine rings is 1. The summed E-state index contributed by atoms with van der Waals surface area (Å²) in [4.78, 5) is 9.58. The highest BCUT2D eigenvalue weighted by atomic mass is 16.5. The predicted octanol–water partition coefficient (Wildman–Crippen LogP) is 1.86. The molecule has 146 valence electrons. The number of ether oxygens (including phenoxy) is 1. The lowest BCUT2D eigenvalue weighted by Gasteiger charge is -2.36. The van der Waals surface area contributed by atoms with E-state index in [9.17, 15) is 0 Å². The highest BCUT2D eigenvalue weighted by Gasteiger charge is 2.22. The second kappa shape index (κ2) is 8.82. The number of rotatable bonds is 6. The molecule has 2 aliphatic rings. The Labute approximate surface area is 160 Å². The van der Waals surface area contributed by atoms with Crippen LogP contribution in [-0.2, 0) is 6.54 Å². The molecular formula is C20H29N5O2. The van der Waals surface area contributed by atoms with Crippen LogP contribution in [0.4, 0.5) is 0 Å². The van der Waals surface area contributed by atoms with Crippen LogP contribution in [0.15, 0.2) is 28.8 Å². The monoisotopic (exact) mass is 371 g/mol. The zero-order valence-electron chi connectivity index (χ0n) is 16.1. The molecule has 1 aromatic heterocycles. The van der Waals surface area contributed by atoms with Crippen molar-refractivity contribution in [2.75, 3.05) is 52.9 Å². The Bertz CT molecular complexity index is 703. The summed E-state index contributed by atoms with van der Waals surface area (Å²) in [5.41, 5.74) is 0.942. The maximum Gasteiger partial charge on any atom is 0.241 e. The SMILES string of the molecule is COc1ccc(-c2noc(CN3CCN(CC4CCNCC4)CC3)n2)cc1. The van der Waals surface area contributed by atoms with Crippen molar-refractivity contribution in [2.24, 2.45) is 5.92 Å². The van der Waals surface area contributed by atoms with E-state index in [2.05, 4.69) is 25.3 Å². The van der Waals surface area contributed by atoms with Crippen LogP contribution in [0.3, 0.4) is 0 Å². The van der Waals surface area contributed by atoms with Gasteiger partial charge < -0.3 is 19.5 Å². The summed E-state index contributed by atoms with van der Waals surface area (Å²) in [6.07, 6.45) is 2.63. The summed E-state index contributed by atoms with van der Waals surface area (Å²) in [6, 6.07) is 7.72. The maximum atomic E-state index is 5.47. The Morgan fingerprint density at radius 1 is 1.07 bits per heavy atom. The number of benzene rings is 1. The molecule has 0 aliphatic carbocycles. The Kier molecular flexibility index (Phi) is 6.01. The fourth-order valence-corrected chi connectivity index (χ4v) is 3.93. The fourth-order valence-electron chi connectivity index (χ4n) is 3.93. The molecule has 0 bridgehead atoms. The van der Waals surface area contributed by atoms with Gasteiger partial charge in [-0.2, -0.15) is 4.98 Å². The van der Waals surface area contributed by atoms with E-state index < -0.39 is 0 Å². The standard InChI is InChI=1S/C20H29N5O2/c1-26-18-4-2-17(3-5-18)20-22-19(27-23-20)15-25-12-10-24(11-13-25)14-16-6-8-21-9-7-16/h2-5,16,21H,6-15H2,1H3. The van der Waals surface area contributed by atoms with Crippen molar-refractivity contribution < 1.29 is 9.26 Å². The smallest absolute Gasteiger partial charge is 0.241 e. The van der Waals surface area contributed by atoms with Crippen LogP contribution < -0.4 is 10.1 Å². The Balaban J connectivity index is 1.26. The van der Waals surface area contributed by atoms with E-state index in [1.54, 1.807) is 7.11 Å². The van der Waals surface area contributed by atoms with Crippen molar-refractivity contribution in [3.05, 3.63) is 30.2 Å². The van der Waals surface area contributed by atoms with Crippen LogP contribution in [0.1, 0.15) is 18.7 Å². The molecule has 2 aromatic rings. The lowest BCUT2D eigenvalue weighted by molar-refractivity contribution is 0.0990. The summed E-state index contributed by atoms with van der Waals surface area (Å²) in [5, 5.41) is 7.58. The van der Waals surface area contributed by atoms with Gasteiger partial charge in [-0.15, -0.1) is 0 Å². The van der Waals surface area contributed by atoms with Crippen molar-refractivity contribution in [3.63, 3.8) is 0 Å². The first-order valence-electron chi connectivity index (χ1n) is 9.92. The van der Waals surface area contributed by atoms with Crippen molar-refractivity contribution >= 4 is 0 Å². The van der Waals surface area contributed by atoms with Crippen molar-refractivity contribution in [1.82, 2.24) is 25.3 Å². The molecule has 2 fully saturated rings. The van der Waals surface area contributed by atoms with Crippen LogP contribution in [0.2, 0.25) is 0 Å². The molecule has 0 radical (unpaired) electrons. The molecule has 0 amide bonds. The fraction of sp³-hybridized carbons (Fsp3) is 0.600. The third-order valence-electron chi connectivity index (χ3n) is 5.62. The number of aromatic nitrogens is 2. The molecule has 2 aliphatic heterocycles. The first-order chi connectivity index (χ1) is 13.3. The molecule has 27 heavy (non-hydrogen) atoms. The average molecular weight is 371 g/mol. The van der Waals surface area contributed by atoms with E-state index in [-0.39, 0.29) is 0 Å². The molecule has 0 atom stereocenters. The van der Waals surface area contributed by atoms with Crippen molar-refractivity contribution in [2.45, 2.75) is 19.4 Å². The first-order valence-corrected chi connectivity index (χ1v) is 9.92. The largest absolute Gasteiger partial charge is 0.497 e. The summed E-state index contributed by atoms with van der Waals surface area (Å²) in [7, 11) is 1.66. The van der Waals surface area contributed by atoms with Crippen molar-refractivity contribution in [1.29, 1.82) is 0 Å². The van der Waals surface area contributed by atoms with Gasteiger partial charge in [-0.1, -0.05) is 5.16 Å². The second-order valence-electron chi connectivity index (χ2n) is 7.51. The molecule has 7 heteroatoms. The van der Waals surface area contributed by atoms with Crippen molar-refractivity contribution in [3.8, 4) is 17.1 Å². The summed E-state index contributed by atoms with van der Waals surface area (Å²) in [6.45, 7) is 8.71. The van der Waals surface area contributed by atoms with Gasteiger partial charge in [0.1, 0.15) is 5.75 Å². The van der Waals surface area contributed by atoms with E-state index >= 15 is 0 Å². The van der Waals surface area contributed by atoms with E-state index in [0.717, 1.165) is 50.0 Å². The Morgan fingerprint density at radius 2 is 1.78 bits per heavy atom. The lowest BCUT2D eigenvalue weighted by atomic mass is 9.97. The highest BCUT2D eigenvalue weighted by Crippen LogP contribution is 2.20. The quantitative estimate of drug-likeness (QED) is 0.831. The first kappa shape index (κ1) is 18.4. The molecule has 1 aromatic carbocycles. The number of methoxy groups -OCH3 is 1. The number of piperazine rings is 1. The van der Waals surface area contributed by atoms with Crippen LogP contribution in [0.25, 0.3) is 11.4 Å². The molecule has 3 heterocycles. The van der Waals surface area contributed by atoms with Gasteiger partial charge in [0, 0.05) is 38.3 Å². The van der Waals surface area contributed by atoms with Gasteiger partial charge >= 0.3 is 0 Å². The molecule has 4 rings (SSSR count). The minimum Gasteiger partial charge on any atom is -0.497 e. The van der Waals surface area contributed by atoms with Crippen LogP contribution in [0, 0.1) is 5.92 Å². The molecule has 7 nitrogen and oxygen atoms in total. The van der Waals surface area contributed by atoms with Gasteiger partial charge in [0.15, 0.2) is 0 Å². The van der Waals surface area contributed by atoms with E-state index in [1.165, 1.54) is 32.5 Å². The normalized spacial score (nSPS) is 20.0. The summed E-state index contributed by atoms with van der Waals surface area (Å²) in [5.74, 6) is 3.01. The van der Waals surface area contributed by atoms with Gasteiger partial charge in [0.05, 0.1) is 13.7 Å². The van der Waals surface area contributed by atoms with Gasteiger partial charge in [-0.3, -0.25) is 4.90 Å². The minimum atomic E-state index is 0.636. The number of nitrogens with zero attached hydrogens (tertiary/aromatic N) is 4. The molecule has 0 unspecified atom stereocenters. The highest BCUT2D eigenvalue weighted by molar-refractivity contribution is 5.55. The van der Waals surface area contributed by atoms with Gasteiger partial charge in [-0.05, 0) is 56.1 Å². The van der Waals surface area contributed by atoms with E-state index in [1.807, 2.05) is 24.3 Å². The number of hydrogen-bond donors (Lipinski definition) is 1. The third-order valence-corrected chi connectivity index (χ3v) is 5.62. The zero-order chi connectivity index (χ0) is 18.5. The topological polar surface area (TPSA) is 66.7 Å². The third kappa shape index (κ3) is 4.86. The summed E-state index contributed by atoms with van der Waals surface area (Å²) < 4.78 is 10.7. The number of hydrogen-bond acceptors (Lipinski definition) is 7. The molecule has 2 saturated heterocycles. The van der Waals surface area contributed by atoms with E-state index in [0.29, 0.717) is 11.7 Å². The van der Waals surface area contributed by atoms with Crippen LogP contribution in [-0.4, -0.2) is 72.9 Å². The van der Waals surface area contributed by atoms with Crippen LogP contribution in [0.5, 0.6) is 5.75 Å². The van der Waals surface area contributed by atoms with Gasteiger partial charge in [0.25, 0.3) is 0 Å². The molecule has 1 N–H and O–H groups in total. The Morgan fingerprint density at radius 3 is 2.48 bits per heavy atom. The molecular weight excluding hydrogens is 342 g/mol. The maximum absolute atomic E-state index is 5.47. The number of nitrogens with one attached hydrogen (secondary N) is 1. The molecule has 0 saturated carbocycles.